The van der Waals surface area contributed by atoms with E-state index in [-0.39, 0.29) is 6.04 Å². The summed E-state index contributed by atoms with van der Waals surface area (Å²) in [5, 5.41) is 4.11. The predicted molar refractivity (Wildman–Crippen MR) is 79.9 cm³/mol. The number of nitrogens with two attached hydrogens (primary N) is 1. The second-order valence-corrected chi connectivity index (χ2v) is 4.65. The molecular weight excluding hydrogens is 260 g/mol. The van der Waals surface area contributed by atoms with E-state index in [2.05, 4.69) is 5.32 Å². The summed E-state index contributed by atoms with van der Waals surface area (Å²) in [6.07, 6.45) is 0. The van der Waals surface area contributed by atoms with Crippen LogP contribution in [0, 0.1) is 0 Å². The van der Waals surface area contributed by atoms with Crippen LogP contribution in [0.15, 0.2) is 48.5 Å². The standard InChI is InChI=1S/C15H17ClN2O/c1-19-14-4-2-3-13(9-14)18-15(10-17)11-5-7-12(16)8-6-11/h2-9,15,18H,10,17H2,1H3. The molecule has 0 aromatic heterocycles. The first-order valence-corrected chi connectivity index (χ1v) is 6.47. The SMILES string of the molecule is COc1cccc(NC(CN)c2ccc(Cl)cc2)c1. The largest absolute Gasteiger partial charge is 0.497 e. The van der Waals surface area contributed by atoms with Gasteiger partial charge in [0.25, 0.3) is 0 Å². The maximum atomic E-state index is 5.89. The number of benzene rings is 2. The topological polar surface area (TPSA) is 47.3 Å². The normalized spacial score (nSPS) is 11.9. The molecule has 3 N–H and O–H groups in total. The lowest BCUT2D eigenvalue weighted by molar-refractivity contribution is 0.415. The maximum absolute atomic E-state index is 5.89. The van der Waals surface area contributed by atoms with E-state index < -0.39 is 0 Å². The van der Waals surface area contributed by atoms with Crippen molar-refractivity contribution in [2.24, 2.45) is 5.73 Å². The quantitative estimate of drug-likeness (QED) is 0.879. The van der Waals surface area contributed by atoms with E-state index in [4.69, 9.17) is 22.1 Å². The Balaban J connectivity index is 2.16. The van der Waals surface area contributed by atoms with Crippen molar-refractivity contribution in [3.05, 3.63) is 59.1 Å². The summed E-state index contributed by atoms with van der Waals surface area (Å²) in [4.78, 5) is 0. The number of methoxy groups -OCH3 is 1. The van der Waals surface area contributed by atoms with Gasteiger partial charge in [-0.3, -0.25) is 0 Å². The van der Waals surface area contributed by atoms with Crippen molar-refractivity contribution in [1.82, 2.24) is 0 Å². The molecule has 0 saturated carbocycles. The molecule has 4 heteroatoms. The molecule has 1 unspecified atom stereocenters. The minimum Gasteiger partial charge on any atom is -0.497 e. The second-order valence-electron chi connectivity index (χ2n) is 4.22. The average Bonchev–Trinajstić information content (AvgIpc) is 2.46. The molecule has 0 saturated heterocycles. The third-order valence-corrected chi connectivity index (χ3v) is 3.17. The molecule has 0 aliphatic heterocycles. The molecular formula is C15H17ClN2O. The van der Waals surface area contributed by atoms with Crippen molar-refractivity contribution in [2.45, 2.75) is 6.04 Å². The molecule has 2 aromatic rings. The molecule has 2 rings (SSSR count). The molecule has 0 spiro atoms. The van der Waals surface area contributed by atoms with Crippen molar-refractivity contribution in [1.29, 1.82) is 0 Å². The smallest absolute Gasteiger partial charge is 0.120 e. The summed E-state index contributed by atoms with van der Waals surface area (Å²) in [5.41, 5.74) is 7.92. The van der Waals surface area contributed by atoms with Crippen molar-refractivity contribution in [3.63, 3.8) is 0 Å². The van der Waals surface area contributed by atoms with Crippen molar-refractivity contribution in [2.75, 3.05) is 19.0 Å². The summed E-state index contributed by atoms with van der Waals surface area (Å²) in [7, 11) is 1.65. The third kappa shape index (κ3) is 3.63. The van der Waals surface area contributed by atoms with Crippen molar-refractivity contribution < 1.29 is 4.74 Å². The van der Waals surface area contributed by atoms with Gasteiger partial charge in [0, 0.05) is 23.3 Å². The summed E-state index contributed by atoms with van der Waals surface area (Å²) in [6, 6.07) is 15.5. The molecule has 0 amide bonds. The van der Waals surface area contributed by atoms with Gasteiger partial charge in [0.1, 0.15) is 5.75 Å². The van der Waals surface area contributed by atoms with Gasteiger partial charge in [-0.1, -0.05) is 29.8 Å². The van der Waals surface area contributed by atoms with Gasteiger partial charge in [0.2, 0.25) is 0 Å². The number of ether oxygens (including phenoxy) is 1. The molecule has 100 valence electrons. The zero-order valence-corrected chi connectivity index (χ0v) is 11.5. The Morgan fingerprint density at radius 2 is 1.95 bits per heavy atom. The molecule has 0 radical (unpaired) electrons. The molecule has 19 heavy (non-hydrogen) atoms. The number of anilines is 1. The molecule has 3 nitrogen and oxygen atoms in total. The van der Waals surface area contributed by atoms with Gasteiger partial charge in [-0.25, -0.2) is 0 Å². The van der Waals surface area contributed by atoms with Gasteiger partial charge in [0.05, 0.1) is 13.2 Å². The van der Waals surface area contributed by atoms with Crippen LogP contribution in [0.2, 0.25) is 5.02 Å². The van der Waals surface area contributed by atoms with Gasteiger partial charge in [-0.15, -0.1) is 0 Å². The Labute approximate surface area is 118 Å². The lowest BCUT2D eigenvalue weighted by Gasteiger charge is -2.19. The van der Waals surface area contributed by atoms with Crippen LogP contribution >= 0.6 is 11.6 Å². The van der Waals surface area contributed by atoms with Crippen LogP contribution < -0.4 is 15.8 Å². The van der Waals surface area contributed by atoms with Gasteiger partial charge in [-0.2, -0.15) is 0 Å². The van der Waals surface area contributed by atoms with Gasteiger partial charge in [-0.05, 0) is 29.8 Å². The van der Waals surface area contributed by atoms with Crippen LogP contribution in [0.25, 0.3) is 0 Å². The molecule has 0 fully saturated rings. The highest BCUT2D eigenvalue weighted by atomic mass is 35.5. The predicted octanol–water partition coefficient (Wildman–Crippen LogP) is 3.46. The first kappa shape index (κ1) is 13.7. The zero-order chi connectivity index (χ0) is 13.7. The fourth-order valence-electron chi connectivity index (χ4n) is 1.89. The Hall–Kier alpha value is -1.71. The Morgan fingerprint density at radius 3 is 2.58 bits per heavy atom. The van der Waals surface area contributed by atoms with Crippen molar-refractivity contribution in [3.8, 4) is 5.75 Å². The molecule has 0 aliphatic carbocycles. The van der Waals surface area contributed by atoms with E-state index in [9.17, 15) is 0 Å². The number of hydrogen-bond donors (Lipinski definition) is 2. The second kappa shape index (κ2) is 6.45. The lowest BCUT2D eigenvalue weighted by Crippen LogP contribution is -2.20. The Kier molecular flexibility index (Phi) is 4.66. The first-order valence-electron chi connectivity index (χ1n) is 6.09. The first-order chi connectivity index (χ1) is 9.22. The monoisotopic (exact) mass is 276 g/mol. The van der Waals surface area contributed by atoms with E-state index in [1.165, 1.54) is 0 Å². The summed E-state index contributed by atoms with van der Waals surface area (Å²) < 4.78 is 5.20. The lowest BCUT2D eigenvalue weighted by atomic mass is 10.1. The fourth-order valence-corrected chi connectivity index (χ4v) is 2.01. The summed E-state index contributed by atoms with van der Waals surface area (Å²) in [6.45, 7) is 0.499. The van der Waals surface area contributed by atoms with Crippen LogP contribution in [0.5, 0.6) is 5.75 Å². The summed E-state index contributed by atoms with van der Waals surface area (Å²) >= 11 is 5.89. The zero-order valence-electron chi connectivity index (χ0n) is 10.8. The number of halogens is 1. The molecule has 1 atom stereocenters. The summed E-state index contributed by atoms with van der Waals surface area (Å²) in [5.74, 6) is 0.817. The number of rotatable bonds is 5. The highest BCUT2D eigenvalue weighted by Gasteiger charge is 2.09. The van der Waals surface area contributed by atoms with E-state index in [0.29, 0.717) is 6.54 Å². The van der Waals surface area contributed by atoms with Crippen LogP contribution in [-0.4, -0.2) is 13.7 Å². The van der Waals surface area contributed by atoms with Gasteiger partial charge < -0.3 is 15.8 Å². The van der Waals surface area contributed by atoms with Gasteiger partial charge >= 0.3 is 0 Å². The molecule has 0 aliphatic rings. The van der Waals surface area contributed by atoms with Crippen LogP contribution in [-0.2, 0) is 0 Å². The fraction of sp³-hybridized carbons (Fsp3) is 0.200. The van der Waals surface area contributed by atoms with Crippen LogP contribution in [0.1, 0.15) is 11.6 Å². The average molecular weight is 277 g/mol. The van der Waals surface area contributed by atoms with E-state index >= 15 is 0 Å². The van der Waals surface area contributed by atoms with E-state index in [0.717, 1.165) is 22.0 Å². The number of nitrogens with one attached hydrogen (secondary N) is 1. The highest BCUT2D eigenvalue weighted by Crippen LogP contribution is 2.23. The minimum atomic E-state index is 0.0457. The van der Waals surface area contributed by atoms with Crippen LogP contribution in [0.3, 0.4) is 0 Å². The van der Waals surface area contributed by atoms with Gasteiger partial charge in [0.15, 0.2) is 0 Å². The Bertz CT molecular complexity index is 528. The molecule has 0 bridgehead atoms. The maximum Gasteiger partial charge on any atom is 0.120 e. The molecule has 2 aromatic carbocycles. The van der Waals surface area contributed by atoms with Crippen molar-refractivity contribution >= 4 is 17.3 Å². The number of hydrogen-bond acceptors (Lipinski definition) is 3. The highest BCUT2D eigenvalue weighted by molar-refractivity contribution is 6.30. The minimum absolute atomic E-state index is 0.0457. The van der Waals surface area contributed by atoms with Crippen LogP contribution in [0.4, 0.5) is 5.69 Å². The Morgan fingerprint density at radius 1 is 1.21 bits per heavy atom. The van der Waals surface area contributed by atoms with E-state index in [1.54, 1.807) is 7.11 Å². The molecule has 0 heterocycles. The third-order valence-electron chi connectivity index (χ3n) is 2.92. The van der Waals surface area contributed by atoms with E-state index in [1.807, 2.05) is 48.5 Å².